The molecule has 0 fully saturated rings. The predicted molar refractivity (Wildman–Crippen MR) is 111 cm³/mol. The van der Waals surface area contributed by atoms with Gasteiger partial charge in [-0.3, -0.25) is 10.1 Å². The molecule has 7 heteroatoms. The average molecular weight is 385 g/mol. The molecule has 0 saturated carbocycles. The van der Waals surface area contributed by atoms with Crippen molar-refractivity contribution in [2.24, 2.45) is 0 Å². The monoisotopic (exact) mass is 385 g/mol. The van der Waals surface area contributed by atoms with E-state index in [1.807, 2.05) is 30.3 Å². The van der Waals surface area contributed by atoms with Gasteiger partial charge in [-0.2, -0.15) is 0 Å². The van der Waals surface area contributed by atoms with E-state index in [9.17, 15) is 9.59 Å². The van der Waals surface area contributed by atoms with Gasteiger partial charge in [-0.25, -0.2) is 4.79 Å². The Labute approximate surface area is 165 Å². The topological polar surface area (TPSA) is 88.7 Å². The normalized spacial score (nSPS) is 10.2. The molecule has 0 aliphatic rings. The number of methoxy groups -OCH3 is 1. The Morgan fingerprint density at radius 1 is 0.929 bits per heavy atom. The van der Waals surface area contributed by atoms with Crippen molar-refractivity contribution >= 4 is 29.1 Å². The predicted octanol–water partition coefficient (Wildman–Crippen LogP) is 3.88. The summed E-state index contributed by atoms with van der Waals surface area (Å²) in [7, 11) is 1.54. The van der Waals surface area contributed by atoms with Gasteiger partial charge in [-0.1, -0.05) is 31.5 Å². The third kappa shape index (κ3) is 7.67. The van der Waals surface area contributed by atoms with Gasteiger partial charge in [0.1, 0.15) is 6.61 Å². The zero-order valence-corrected chi connectivity index (χ0v) is 16.3. The fraction of sp³-hybridized carbons (Fsp3) is 0.333. The quantitative estimate of drug-likeness (QED) is 0.540. The zero-order valence-electron chi connectivity index (χ0n) is 16.3. The maximum absolute atomic E-state index is 12.1. The summed E-state index contributed by atoms with van der Waals surface area (Å²) in [5.41, 5.74) is 3.30. The lowest BCUT2D eigenvalue weighted by molar-refractivity contribution is -0.114. The second-order valence-electron chi connectivity index (χ2n) is 6.18. The second-order valence-corrected chi connectivity index (χ2v) is 6.18. The van der Waals surface area contributed by atoms with Crippen molar-refractivity contribution in [1.82, 2.24) is 0 Å². The molecule has 28 heavy (non-hydrogen) atoms. The van der Waals surface area contributed by atoms with Crippen LogP contribution in [0.1, 0.15) is 18.9 Å². The van der Waals surface area contributed by atoms with Crippen LogP contribution < -0.4 is 16.0 Å². The van der Waals surface area contributed by atoms with Gasteiger partial charge in [-0.05, 0) is 42.3 Å². The minimum atomic E-state index is -0.557. The van der Waals surface area contributed by atoms with Crippen molar-refractivity contribution < 1.29 is 19.1 Å². The van der Waals surface area contributed by atoms with Gasteiger partial charge in [0.05, 0.1) is 13.2 Å². The smallest absolute Gasteiger partial charge is 0.411 e. The summed E-state index contributed by atoms with van der Waals surface area (Å²) in [4.78, 5) is 23.8. The highest BCUT2D eigenvalue weighted by atomic mass is 16.6. The summed E-state index contributed by atoms with van der Waals surface area (Å²) in [6.07, 6.45) is 1.56. The standard InChI is InChI=1S/C21H27N3O4/c1-3-5-16-8-10-17(11-9-16)23-20(25)15-22-18-6-4-7-19(14-18)24-21(26)28-13-12-27-2/h4,6-11,14,22H,3,5,12-13,15H2,1-2H3,(H,23,25)(H,24,26). The van der Waals surface area contributed by atoms with E-state index in [1.54, 1.807) is 18.2 Å². The molecule has 0 atom stereocenters. The Balaban J connectivity index is 1.80. The Bertz CT molecular complexity index is 763. The van der Waals surface area contributed by atoms with Crippen LogP contribution in [0.2, 0.25) is 0 Å². The first-order chi connectivity index (χ1) is 13.6. The van der Waals surface area contributed by atoms with Crippen molar-refractivity contribution in [1.29, 1.82) is 0 Å². The number of ether oxygens (including phenoxy) is 2. The van der Waals surface area contributed by atoms with Gasteiger partial charge in [0.2, 0.25) is 5.91 Å². The highest BCUT2D eigenvalue weighted by Gasteiger charge is 2.06. The first-order valence-corrected chi connectivity index (χ1v) is 9.26. The number of amides is 2. The summed E-state index contributed by atoms with van der Waals surface area (Å²) in [6, 6.07) is 14.9. The minimum absolute atomic E-state index is 0.110. The molecular weight excluding hydrogens is 358 g/mol. The number of nitrogens with one attached hydrogen (secondary N) is 3. The second kappa shape index (κ2) is 11.6. The molecule has 0 spiro atoms. The summed E-state index contributed by atoms with van der Waals surface area (Å²) in [5, 5.41) is 8.52. The molecule has 2 aromatic rings. The Kier molecular flexibility index (Phi) is 8.81. The maximum atomic E-state index is 12.1. The zero-order chi connectivity index (χ0) is 20.2. The van der Waals surface area contributed by atoms with Gasteiger partial charge in [0.15, 0.2) is 0 Å². The van der Waals surface area contributed by atoms with Crippen LogP contribution in [-0.4, -0.2) is 38.9 Å². The van der Waals surface area contributed by atoms with Crippen molar-refractivity contribution in [3.05, 3.63) is 54.1 Å². The summed E-state index contributed by atoms with van der Waals surface area (Å²) < 4.78 is 9.78. The molecule has 0 aromatic heterocycles. The number of carbonyl (C=O) groups is 2. The van der Waals surface area contributed by atoms with E-state index in [1.165, 1.54) is 12.7 Å². The molecule has 2 amide bonds. The lowest BCUT2D eigenvalue weighted by atomic mass is 10.1. The van der Waals surface area contributed by atoms with Crippen LogP contribution in [0.25, 0.3) is 0 Å². The molecule has 2 aromatic carbocycles. The molecule has 150 valence electrons. The highest BCUT2D eigenvalue weighted by molar-refractivity contribution is 5.94. The number of anilines is 3. The van der Waals surface area contributed by atoms with Crippen LogP contribution in [0.5, 0.6) is 0 Å². The number of carbonyl (C=O) groups excluding carboxylic acids is 2. The lowest BCUT2D eigenvalue weighted by Crippen LogP contribution is -2.22. The Hall–Kier alpha value is -3.06. The van der Waals surface area contributed by atoms with E-state index < -0.39 is 6.09 Å². The van der Waals surface area contributed by atoms with Crippen molar-refractivity contribution in [2.45, 2.75) is 19.8 Å². The molecule has 3 N–H and O–H groups in total. The molecule has 0 aliphatic carbocycles. The number of hydrogen-bond acceptors (Lipinski definition) is 5. The Morgan fingerprint density at radius 3 is 2.39 bits per heavy atom. The molecule has 0 aliphatic heterocycles. The molecule has 0 bridgehead atoms. The van der Waals surface area contributed by atoms with E-state index >= 15 is 0 Å². The van der Waals surface area contributed by atoms with Crippen LogP contribution in [0.3, 0.4) is 0 Å². The fourth-order valence-electron chi connectivity index (χ4n) is 2.51. The lowest BCUT2D eigenvalue weighted by Gasteiger charge is -2.10. The van der Waals surface area contributed by atoms with E-state index in [0.29, 0.717) is 18.0 Å². The van der Waals surface area contributed by atoms with Gasteiger partial charge in [0, 0.05) is 24.2 Å². The number of hydrogen-bond donors (Lipinski definition) is 3. The molecule has 0 saturated heterocycles. The number of rotatable bonds is 10. The molecule has 0 heterocycles. The van der Waals surface area contributed by atoms with E-state index in [4.69, 9.17) is 9.47 Å². The van der Waals surface area contributed by atoms with Crippen LogP contribution in [0.15, 0.2) is 48.5 Å². The highest BCUT2D eigenvalue weighted by Crippen LogP contribution is 2.15. The number of aryl methyl sites for hydroxylation is 1. The molecular formula is C21H27N3O4. The van der Waals surface area contributed by atoms with E-state index in [-0.39, 0.29) is 19.1 Å². The van der Waals surface area contributed by atoms with Crippen LogP contribution in [0, 0.1) is 0 Å². The van der Waals surface area contributed by atoms with E-state index in [0.717, 1.165) is 18.5 Å². The summed E-state index contributed by atoms with van der Waals surface area (Å²) in [6.45, 7) is 2.76. The first kappa shape index (κ1) is 21.2. The van der Waals surface area contributed by atoms with Gasteiger partial charge in [0.25, 0.3) is 0 Å². The van der Waals surface area contributed by atoms with Crippen LogP contribution >= 0.6 is 0 Å². The summed E-state index contributed by atoms with van der Waals surface area (Å²) in [5.74, 6) is -0.152. The minimum Gasteiger partial charge on any atom is -0.447 e. The maximum Gasteiger partial charge on any atom is 0.411 e. The third-order valence-corrected chi connectivity index (χ3v) is 3.86. The molecule has 2 rings (SSSR count). The molecule has 7 nitrogen and oxygen atoms in total. The van der Waals surface area contributed by atoms with Gasteiger partial charge in [-0.15, -0.1) is 0 Å². The first-order valence-electron chi connectivity index (χ1n) is 9.26. The Morgan fingerprint density at radius 2 is 1.68 bits per heavy atom. The van der Waals surface area contributed by atoms with E-state index in [2.05, 4.69) is 22.9 Å². The van der Waals surface area contributed by atoms with Crippen molar-refractivity contribution in [2.75, 3.05) is 42.8 Å². The molecule has 0 radical (unpaired) electrons. The average Bonchev–Trinajstić information content (AvgIpc) is 2.69. The van der Waals surface area contributed by atoms with Crippen molar-refractivity contribution in [3.8, 4) is 0 Å². The van der Waals surface area contributed by atoms with Gasteiger partial charge < -0.3 is 20.1 Å². The van der Waals surface area contributed by atoms with Gasteiger partial charge >= 0.3 is 6.09 Å². The number of benzene rings is 2. The van der Waals surface area contributed by atoms with Crippen LogP contribution in [0.4, 0.5) is 21.9 Å². The van der Waals surface area contributed by atoms with Crippen LogP contribution in [-0.2, 0) is 20.7 Å². The fourth-order valence-corrected chi connectivity index (χ4v) is 2.51. The summed E-state index contributed by atoms with van der Waals surface area (Å²) >= 11 is 0. The van der Waals surface area contributed by atoms with Crippen molar-refractivity contribution in [3.63, 3.8) is 0 Å². The molecule has 0 unspecified atom stereocenters. The third-order valence-electron chi connectivity index (χ3n) is 3.86. The SMILES string of the molecule is CCCc1ccc(NC(=O)CNc2cccc(NC(=O)OCCOC)c2)cc1. The largest absolute Gasteiger partial charge is 0.447 e.